The Bertz CT molecular complexity index is 278. The molecule has 1 aromatic carbocycles. The smallest absolute Gasteiger partial charge is 0.116 e. The predicted octanol–water partition coefficient (Wildman–Crippen LogP) is 2.26. The van der Waals surface area contributed by atoms with E-state index in [4.69, 9.17) is 5.11 Å². The lowest BCUT2D eigenvalue weighted by atomic mass is 10.2. The van der Waals surface area contributed by atoms with E-state index in [2.05, 4.69) is 0 Å². The van der Waals surface area contributed by atoms with E-state index < -0.39 is 5.60 Å². The Hall–Kier alpha value is -0.670. The summed E-state index contributed by atoms with van der Waals surface area (Å²) in [6, 6.07) is 7.03. The number of phenolic OH excluding ortho intramolecular Hbond substituents is 1. The van der Waals surface area contributed by atoms with E-state index in [0.29, 0.717) is 5.75 Å². The molecule has 0 bridgehead atoms. The third-order valence-electron chi connectivity index (χ3n) is 1.41. The Kier molecular flexibility index (Phi) is 3.22. The Balaban J connectivity index is 2.55. The van der Waals surface area contributed by atoms with E-state index in [1.54, 1.807) is 32.0 Å². The molecule has 0 spiro atoms. The maximum atomic E-state index is 9.46. The molecule has 0 heterocycles. The van der Waals surface area contributed by atoms with Crippen molar-refractivity contribution in [3.8, 4) is 5.75 Å². The molecule has 0 amide bonds. The number of rotatable bonds is 3. The maximum absolute atomic E-state index is 9.46. The fourth-order valence-corrected chi connectivity index (χ4v) is 1.73. The van der Waals surface area contributed by atoms with Gasteiger partial charge in [0.1, 0.15) is 5.75 Å². The summed E-state index contributed by atoms with van der Waals surface area (Å²) in [6.45, 7) is 3.53. The van der Waals surface area contributed by atoms with Crippen LogP contribution in [-0.4, -0.2) is 21.6 Å². The molecular weight excluding hydrogens is 184 g/mol. The number of aromatic hydroxyl groups is 1. The van der Waals surface area contributed by atoms with Gasteiger partial charge in [0.05, 0.1) is 5.60 Å². The summed E-state index contributed by atoms with van der Waals surface area (Å²) in [5, 5.41) is 18.6. The van der Waals surface area contributed by atoms with Crippen molar-refractivity contribution in [2.24, 2.45) is 0 Å². The Morgan fingerprint density at radius 3 is 2.62 bits per heavy atom. The highest BCUT2D eigenvalue weighted by molar-refractivity contribution is 7.99. The van der Waals surface area contributed by atoms with E-state index in [0.717, 1.165) is 4.90 Å². The monoisotopic (exact) mass is 198 g/mol. The summed E-state index contributed by atoms with van der Waals surface area (Å²) in [5.41, 5.74) is -0.671. The lowest BCUT2D eigenvalue weighted by Gasteiger charge is -2.15. The number of hydrogen-bond donors (Lipinski definition) is 2. The van der Waals surface area contributed by atoms with Crippen molar-refractivity contribution in [2.45, 2.75) is 24.3 Å². The Labute approximate surface area is 82.6 Å². The van der Waals surface area contributed by atoms with Gasteiger partial charge in [-0.3, -0.25) is 0 Å². The second-order valence-electron chi connectivity index (χ2n) is 3.60. The fraction of sp³-hybridized carbons (Fsp3) is 0.400. The summed E-state index contributed by atoms with van der Waals surface area (Å²) >= 11 is 1.53. The average Bonchev–Trinajstić information content (AvgIpc) is 2.00. The summed E-state index contributed by atoms with van der Waals surface area (Å²) < 4.78 is 0. The van der Waals surface area contributed by atoms with E-state index in [1.807, 2.05) is 6.07 Å². The first-order chi connectivity index (χ1) is 5.97. The molecule has 72 valence electrons. The van der Waals surface area contributed by atoms with Crippen LogP contribution in [0.5, 0.6) is 5.75 Å². The van der Waals surface area contributed by atoms with Crippen LogP contribution < -0.4 is 0 Å². The van der Waals surface area contributed by atoms with Gasteiger partial charge in [-0.05, 0) is 32.0 Å². The van der Waals surface area contributed by atoms with Crippen LogP contribution in [0.25, 0.3) is 0 Å². The molecule has 0 unspecified atom stereocenters. The molecule has 2 N–H and O–H groups in total. The largest absolute Gasteiger partial charge is 0.508 e. The lowest BCUT2D eigenvalue weighted by molar-refractivity contribution is 0.107. The quantitative estimate of drug-likeness (QED) is 0.732. The van der Waals surface area contributed by atoms with Crippen LogP contribution in [0.4, 0.5) is 0 Å². The molecule has 0 saturated carbocycles. The van der Waals surface area contributed by atoms with Gasteiger partial charge < -0.3 is 10.2 Å². The van der Waals surface area contributed by atoms with Gasteiger partial charge in [0.15, 0.2) is 0 Å². The summed E-state index contributed by atoms with van der Waals surface area (Å²) in [5.74, 6) is 0.886. The van der Waals surface area contributed by atoms with Crippen LogP contribution in [0.3, 0.4) is 0 Å². The molecule has 0 radical (unpaired) electrons. The van der Waals surface area contributed by atoms with Gasteiger partial charge in [0.2, 0.25) is 0 Å². The number of aliphatic hydroxyl groups is 1. The number of thioether (sulfide) groups is 1. The molecule has 1 rings (SSSR count). The minimum absolute atomic E-state index is 0.265. The molecule has 1 aromatic rings. The predicted molar refractivity (Wildman–Crippen MR) is 55.1 cm³/mol. The lowest BCUT2D eigenvalue weighted by Crippen LogP contribution is -2.21. The van der Waals surface area contributed by atoms with Gasteiger partial charge in [-0.2, -0.15) is 0 Å². The molecule has 0 aliphatic carbocycles. The molecule has 13 heavy (non-hydrogen) atoms. The Morgan fingerprint density at radius 1 is 1.38 bits per heavy atom. The third kappa shape index (κ3) is 4.20. The second-order valence-corrected chi connectivity index (χ2v) is 4.65. The summed E-state index contributed by atoms with van der Waals surface area (Å²) in [4.78, 5) is 0.974. The standard InChI is InChI=1S/C10H14O2S/c1-10(2,12)7-13-9-5-3-4-8(11)6-9/h3-6,11-12H,7H2,1-2H3. The first kappa shape index (κ1) is 10.4. The van der Waals surface area contributed by atoms with Crippen molar-refractivity contribution in [1.82, 2.24) is 0 Å². The van der Waals surface area contributed by atoms with Crippen LogP contribution in [0.15, 0.2) is 29.2 Å². The molecule has 0 fully saturated rings. The highest BCUT2D eigenvalue weighted by Crippen LogP contribution is 2.24. The van der Waals surface area contributed by atoms with Gasteiger partial charge in [0.25, 0.3) is 0 Å². The maximum Gasteiger partial charge on any atom is 0.116 e. The van der Waals surface area contributed by atoms with Gasteiger partial charge in [-0.15, -0.1) is 11.8 Å². The molecule has 0 aliphatic rings. The number of phenols is 1. The topological polar surface area (TPSA) is 40.5 Å². The zero-order valence-electron chi connectivity index (χ0n) is 7.82. The summed E-state index contributed by atoms with van der Waals surface area (Å²) in [6.07, 6.45) is 0. The summed E-state index contributed by atoms with van der Waals surface area (Å²) in [7, 11) is 0. The SMILES string of the molecule is CC(C)(O)CSc1cccc(O)c1. The van der Waals surface area contributed by atoms with Gasteiger partial charge in [-0.25, -0.2) is 0 Å². The van der Waals surface area contributed by atoms with Crippen LogP contribution >= 0.6 is 11.8 Å². The van der Waals surface area contributed by atoms with Gasteiger partial charge in [-0.1, -0.05) is 6.07 Å². The molecule has 0 saturated heterocycles. The van der Waals surface area contributed by atoms with Crippen LogP contribution in [-0.2, 0) is 0 Å². The highest BCUT2D eigenvalue weighted by atomic mass is 32.2. The van der Waals surface area contributed by atoms with Gasteiger partial charge >= 0.3 is 0 Å². The van der Waals surface area contributed by atoms with Crippen molar-refractivity contribution in [3.63, 3.8) is 0 Å². The molecule has 2 nitrogen and oxygen atoms in total. The third-order valence-corrected chi connectivity index (χ3v) is 2.85. The van der Waals surface area contributed by atoms with Crippen molar-refractivity contribution in [2.75, 3.05) is 5.75 Å². The van der Waals surface area contributed by atoms with Crippen molar-refractivity contribution in [1.29, 1.82) is 0 Å². The van der Waals surface area contributed by atoms with Crippen LogP contribution in [0, 0.1) is 0 Å². The van der Waals surface area contributed by atoms with E-state index >= 15 is 0 Å². The van der Waals surface area contributed by atoms with Crippen molar-refractivity contribution < 1.29 is 10.2 Å². The zero-order chi connectivity index (χ0) is 9.90. The molecule has 0 aliphatic heterocycles. The normalized spacial score (nSPS) is 11.6. The molecular formula is C10H14O2S. The number of hydrogen-bond acceptors (Lipinski definition) is 3. The molecule has 3 heteroatoms. The first-order valence-electron chi connectivity index (χ1n) is 4.11. The van der Waals surface area contributed by atoms with E-state index in [1.165, 1.54) is 11.8 Å². The minimum Gasteiger partial charge on any atom is -0.508 e. The van der Waals surface area contributed by atoms with Crippen LogP contribution in [0.2, 0.25) is 0 Å². The van der Waals surface area contributed by atoms with Gasteiger partial charge in [0, 0.05) is 10.6 Å². The molecule has 0 aromatic heterocycles. The Morgan fingerprint density at radius 2 is 2.08 bits per heavy atom. The fourth-order valence-electron chi connectivity index (χ4n) is 0.833. The minimum atomic E-state index is -0.671. The molecule has 0 atom stereocenters. The van der Waals surface area contributed by atoms with E-state index in [9.17, 15) is 5.11 Å². The van der Waals surface area contributed by atoms with Crippen molar-refractivity contribution in [3.05, 3.63) is 24.3 Å². The van der Waals surface area contributed by atoms with Crippen molar-refractivity contribution >= 4 is 11.8 Å². The first-order valence-corrected chi connectivity index (χ1v) is 5.10. The van der Waals surface area contributed by atoms with E-state index in [-0.39, 0.29) is 5.75 Å². The van der Waals surface area contributed by atoms with Crippen LogP contribution in [0.1, 0.15) is 13.8 Å². The second kappa shape index (κ2) is 4.03. The highest BCUT2D eigenvalue weighted by Gasteiger charge is 2.12. The number of benzene rings is 1. The zero-order valence-corrected chi connectivity index (χ0v) is 8.64. The average molecular weight is 198 g/mol.